The molecule has 124 valence electrons. The highest BCUT2D eigenvalue weighted by molar-refractivity contribution is 5.81. The van der Waals surface area contributed by atoms with E-state index in [1.165, 1.54) is 6.42 Å². The molecule has 0 radical (unpaired) electrons. The van der Waals surface area contributed by atoms with Crippen LogP contribution in [0.2, 0.25) is 0 Å². The third kappa shape index (κ3) is 1.96. The maximum absolute atomic E-state index is 12.9. The van der Waals surface area contributed by atoms with Gasteiger partial charge < -0.3 is 4.90 Å². The number of para-hydroxylation sites is 1. The van der Waals surface area contributed by atoms with Crippen molar-refractivity contribution in [2.75, 3.05) is 0 Å². The first-order chi connectivity index (χ1) is 11.7. The summed E-state index contributed by atoms with van der Waals surface area (Å²) in [4.78, 5) is 32.6. The first-order valence-electron chi connectivity index (χ1n) is 9.03. The van der Waals surface area contributed by atoms with Crippen molar-refractivity contribution in [1.29, 1.82) is 0 Å². The van der Waals surface area contributed by atoms with Gasteiger partial charge in [0.25, 0.3) is 5.56 Å². The molecule has 24 heavy (non-hydrogen) atoms. The molecular weight excluding hydrogens is 302 g/mol. The predicted molar refractivity (Wildman–Crippen MR) is 90.7 cm³/mol. The van der Waals surface area contributed by atoms with Crippen molar-refractivity contribution in [3.63, 3.8) is 0 Å². The lowest BCUT2D eigenvalue weighted by molar-refractivity contribution is -0.141. The van der Waals surface area contributed by atoms with Crippen LogP contribution in [0.15, 0.2) is 29.1 Å². The summed E-state index contributed by atoms with van der Waals surface area (Å²) in [5.41, 5.74) is 0.808. The summed E-state index contributed by atoms with van der Waals surface area (Å²) >= 11 is 0. The summed E-state index contributed by atoms with van der Waals surface area (Å²) in [6.07, 6.45) is 5.97. The van der Waals surface area contributed by atoms with Gasteiger partial charge in [-0.1, -0.05) is 18.6 Å². The SMILES string of the molecule is O=C(C1CCC1)N1C2CCC1Cn1c(nc3ccccc3c1=O)C2. The van der Waals surface area contributed by atoms with Crippen LogP contribution in [-0.2, 0) is 17.8 Å². The van der Waals surface area contributed by atoms with Gasteiger partial charge in [-0.15, -0.1) is 0 Å². The van der Waals surface area contributed by atoms with Gasteiger partial charge in [0, 0.05) is 24.9 Å². The van der Waals surface area contributed by atoms with Crippen LogP contribution in [0, 0.1) is 5.92 Å². The molecule has 0 N–H and O–H groups in total. The molecule has 5 nitrogen and oxygen atoms in total. The standard InChI is InChI=1S/C19H21N3O2/c23-18(12-4-3-5-12)22-13-8-9-14(22)11-21-17(10-13)20-16-7-2-1-6-15(16)19(21)24/h1-2,6-7,12-14H,3-5,8-11H2. The zero-order valence-corrected chi connectivity index (χ0v) is 13.6. The summed E-state index contributed by atoms with van der Waals surface area (Å²) in [6, 6.07) is 7.92. The van der Waals surface area contributed by atoms with Gasteiger partial charge in [-0.25, -0.2) is 4.98 Å². The van der Waals surface area contributed by atoms with E-state index >= 15 is 0 Å². The lowest BCUT2D eigenvalue weighted by Gasteiger charge is -2.35. The summed E-state index contributed by atoms with van der Waals surface area (Å²) in [5.74, 6) is 1.38. The fourth-order valence-corrected chi connectivity index (χ4v) is 4.55. The number of fused-ring (bicyclic) bond motifs is 4. The van der Waals surface area contributed by atoms with Crippen molar-refractivity contribution < 1.29 is 4.79 Å². The molecule has 2 bridgehead atoms. The number of benzene rings is 1. The zero-order valence-electron chi connectivity index (χ0n) is 13.6. The number of hydrogen-bond acceptors (Lipinski definition) is 3. The predicted octanol–water partition coefficient (Wildman–Crippen LogP) is 2.11. The second kappa shape index (κ2) is 5.16. The van der Waals surface area contributed by atoms with Gasteiger partial charge in [-0.05, 0) is 37.8 Å². The monoisotopic (exact) mass is 323 g/mol. The van der Waals surface area contributed by atoms with Crippen molar-refractivity contribution in [3.05, 3.63) is 40.4 Å². The molecular formula is C19H21N3O2. The highest BCUT2D eigenvalue weighted by atomic mass is 16.2. The highest BCUT2D eigenvalue weighted by Crippen LogP contribution is 2.36. The third-order valence-electron chi connectivity index (χ3n) is 6.08. The smallest absolute Gasteiger partial charge is 0.261 e. The molecule has 1 saturated carbocycles. The van der Waals surface area contributed by atoms with E-state index in [1.54, 1.807) is 0 Å². The van der Waals surface area contributed by atoms with E-state index in [4.69, 9.17) is 4.98 Å². The zero-order chi connectivity index (χ0) is 16.3. The number of hydrogen-bond donors (Lipinski definition) is 0. The molecule has 2 unspecified atom stereocenters. The normalized spacial score (nSPS) is 26.1. The lowest BCUT2D eigenvalue weighted by atomic mass is 9.84. The molecule has 2 fully saturated rings. The van der Waals surface area contributed by atoms with E-state index < -0.39 is 0 Å². The molecule has 5 rings (SSSR count). The maximum Gasteiger partial charge on any atom is 0.261 e. The minimum atomic E-state index is 0.0409. The van der Waals surface area contributed by atoms with Crippen LogP contribution in [0.1, 0.15) is 37.9 Å². The largest absolute Gasteiger partial charge is 0.334 e. The van der Waals surface area contributed by atoms with E-state index in [1.807, 2.05) is 28.8 Å². The fraction of sp³-hybridized carbons (Fsp3) is 0.526. The summed E-state index contributed by atoms with van der Waals surface area (Å²) in [6.45, 7) is 0.598. The van der Waals surface area contributed by atoms with Crippen LogP contribution in [0.25, 0.3) is 10.9 Å². The van der Waals surface area contributed by atoms with Crippen LogP contribution in [0.3, 0.4) is 0 Å². The van der Waals surface area contributed by atoms with Crippen LogP contribution >= 0.6 is 0 Å². The highest BCUT2D eigenvalue weighted by Gasteiger charge is 2.43. The quantitative estimate of drug-likeness (QED) is 0.808. The molecule has 3 aliphatic rings. The molecule has 1 aromatic heterocycles. The molecule has 2 aliphatic heterocycles. The Labute approximate surface area is 140 Å². The Kier molecular flexibility index (Phi) is 3.05. The number of rotatable bonds is 1. The Morgan fingerprint density at radius 3 is 2.67 bits per heavy atom. The van der Waals surface area contributed by atoms with Crippen LogP contribution < -0.4 is 5.56 Å². The van der Waals surface area contributed by atoms with Crippen molar-refractivity contribution >= 4 is 16.8 Å². The Hall–Kier alpha value is -2.17. The fourth-order valence-electron chi connectivity index (χ4n) is 4.55. The van der Waals surface area contributed by atoms with E-state index in [9.17, 15) is 9.59 Å². The van der Waals surface area contributed by atoms with Gasteiger partial charge in [0.1, 0.15) is 5.82 Å². The second-order valence-corrected chi connectivity index (χ2v) is 7.42. The Bertz CT molecular complexity index is 884. The molecule has 5 heteroatoms. The second-order valence-electron chi connectivity index (χ2n) is 7.42. The van der Waals surface area contributed by atoms with Gasteiger partial charge >= 0.3 is 0 Å². The maximum atomic E-state index is 12.9. The van der Waals surface area contributed by atoms with Crippen LogP contribution in [0.5, 0.6) is 0 Å². The van der Waals surface area contributed by atoms with Crippen LogP contribution in [-0.4, -0.2) is 32.4 Å². The molecule has 1 saturated heterocycles. The molecule has 1 aliphatic carbocycles. The Morgan fingerprint density at radius 1 is 1.08 bits per heavy atom. The summed E-state index contributed by atoms with van der Waals surface area (Å²) in [7, 11) is 0. The van der Waals surface area contributed by atoms with E-state index in [2.05, 4.69) is 4.90 Å². The van der Waals surface area contributed by atoms with Gasteiger partial charge in [0.05, 0.1) is 16.9 Å². The average molecular weight is 323 g/mol. The number of carbonyl (C=O) groups excluding carboxylic acids is 1. The topological polar surface area (TPSA) is 55.2 Å². The van der Waals surface area contributed by atoms with E-state index in [0.29, 0.717) is 24.3 Å². The molecule has 1 aromatic carbocycles. The van der Waals surface area contributed by atoms with E-state index in [0.717, 1.165) is 37.0 Å². The molecule has 3 heterocycles. The third-order valence-corrected chi connectivity index (χ3v) is 6.08. The van der Waals surface area contributed by atoms with Gasteiger partial charge in [0.15, 0.2) is 0 Å². The van der Waals surface area contributed by atoms with Crippen molar-refractivity contribution in [1.82, 2.24) is 14.5 Å². The first-order valence-corrected chi connectivity index (χ1v) is 9.03. The summed E-state index contributed by atoms with van der Waals surface area (Å²) < 4.78 is 1.83. The van der Waals surface area contributed by atoms with Crippen LogP contribution in [0.4, 0.5) is 0 Å². The average Bonchev–Trinajstić information content (AvgIpc) is 2.82. The molecule has 1 amide bonds. The van der Waals surface area contributed by atoms with Gasteiger partial charge in [-0.3, -0.25) is 14.2 Å². The van der Waals surface area contributed by atoms with Gasteiger partial charge in [-0.2, -0.15) is 0 Å². The number of amides is 1. The molecule has 0 spiro atoms. The minimum absolute atomic E-state index is 0.0409. The molecule has 2 atom stereocenters. The number of nitrogens with zero attached hydrogens (tertiary/aromatic N) is 3. The Balaban J connectivity index is 1.58. The lowest BCUT2D eigenvalue weighted by Crippen LogP contribution is -2.46. The Morgan fingerprint density at radius 2 is 1.88 bits per heavy atom. The van der Waals surface area contributed by atoms with Crippen molar-refractivity contribution in [3.8, 4) is 0 Å². The first kappa shape index (κ1) is 14.2. The van der Waals surface area contributed by atoms with Crippen molar-refractivity contribution in [2.45, 2.75) is 57.2 Å². The van der Waals surface area contributed by atoms with E-state index in [-0.39, 0.29) is 23.6 Å². The minimum Gasteiger partial charge on any atom is -0.334 e. The van der Waals surface area contributed by atoms with Crippen molar-refractivity contribution in [2.24, 2.45) is 5.92 Å². The van der Waals surface area contributed by atoms with Gasteiger partial charge in [0.2, 0.25) is 5.91 Å². The molecule has 2 aromatic rings. The number of carbonyl (C=O) groups is 1. The summed E-state index contributed by atoms with van der Waals surface area (Å²) in [5, 5.41) is 0.677. The number of aromatic nitrogens is 2.